The molecule has 1 atom stereocenters. The van der Waals surface area contributed by atoms with Crippen molar-refractivity contribution in [2.45, 2.75) is 59.1 Å². The Morgan fingerprint density at radius 2 is 1.89 bits per heavy atom. The molecule has 0 aliphatic heterocycles. The van der Waals surface area contributed by atoms with Gasteiger partial charge in [0.05, 0.1) is 5.60 Å². The predicted molar refractivity (Wildman–Crippen MR) is 82.7 cm³/mol. The minimum absolute atomic E-state index is 0.0482. The van der Waals surface area contributed by atoms with Crippen molar-refractivity contribution in [2.24, 2.45) is 0 Å². The molecule has 2 heteroatoms. The molecule has 1 N–H and O–H groups in total. The average molecular weight is 263 g/mol. The van der Waals surface area contributed by atoms with Gasteiger partial charge in [-0.25, -0.2) is 0 Å². The summed E-state index contributed by atoms with van der Waals surface area (Å²) in [5.74, 6) is 0. The molecule has 0 heterocycles. The molecule has 2 nitrogen and oxygen atoms in total. The number of methoxy groups -OCH3 is 1. The molecule has 0 amide bonds. The Morgan fingerprint density at radius 3 is 2.42 bits per heavy atom. The topological polar surface area (TPSA) is 21.3 Å². The molecule has 1 rings (SSSR count). The van der Waals surface area contributed by atoms with Gasteiger partial charge < -0.3 is 10.1 Å². The fraction of sp³-hybridized carbons (Fsp3) is 0.647. The molecule has 1 aromatic rings. The Balaban J connectivity index is 2.79. The van der Waals surface area contributed by atoms with E-state index < -0.39 is 0 Å². The van der Waals surface area contributed by atoms with Gasteiger partial charge in [-0.1, -0.05) is 25.1 Å². The van der Waals surface area contributed by atoms with Crippen molar-refractivity contribution in [3.63, 3.8) is 0 Å². The normalized spacial score (nSPS) is 13.6. The van der Waals surface area contributed by atoms with Crippen molar-refractivity contribution in [3.05, 3.63) is 34.9 Å². The van der Waals surface area contributed by atoms with E-state index in [1.54, 1.807) is 7.11 Å². The highest BCUT2D eigenvalue weighted by Crippen LogP contribution is 2.25. The molecular formula is C17H29NO. The van der Waals surface area contributed by atoms with E-state index in [0.717, 1.165) is 19.4 Å². The second kappa shape index (κ2) is 7.06. The van der Waals surface area contributed by atoms with Gasteiger partial charge >= 0.3 is 0 Å². The summed E-state index contributed by atoms with van der Waals surface area (Å²) in [6, 6.07) is 7.19. The van der Waals surface area contributed by atoms with E-state index in [1.165, 1.54) is 16.7 Å². The average Bonchev–Trinajstić information content (AvgIpc) is 2.38. The molecular weight excluding hydrogens is 234 g/mol. The quantitative estimate of drug-likeness (QED) is 0.797. The number of hydrogen-bond acceptors (Lipinski definition) is 2. The highest BCUT2D eigenvalue weighted by molar-refractivity contribution is 5.31. The molecule has 1 aromatic carbocycles. The third-order valence-corrected chi connectivity index (χ3v) is 3.97. The van der Waals surface area contributed by atoms with Crippen LogP contribution in [0.1, 0.15) is 56.3 Å². The van der Waals surface area contributed by atoms with Crippen LogP contribution in [0.4, 0.5) is 0 Å². The molecule has 108 valence electrons. The lowest BCUT2D eigenvalue weighted by molar-refractivity contribution is 0.0117. The van der Waals surface area contributed by atoms with Crippen LogP contribution in [0.5, 0.6) is 0 Å². The maximum absolute atomic E-state index is 5.52. The lowest BCUT2D eigenvalue weighted by Crippen LogP contribution is -2.27. The summed E-state index contributed by atoms with van der Waals surface area (Å²) in [5, 5.41) is 3.59. The molecule has 0 saturated carbocycles. The number of aryl methyl sites for hydroxylation is 2. The maximum atomic E-state index is 5.52. The Labute approximate surface area is 118 Å². The number of nitrogens with one attached hydrogen (secondary N) is 1. The molecule has 0 aliphatic carbocycles. The third kappa shape index (κ3) is 4.96. The predicted octanol–water partition coefficient (Wildman–Crippen LogP) is 4.16. The lowest BCUT2D eigenvalue weighted by Gasteiger charge is -2.27. The summed E-state index contributed by atoms with van der Waals surface area (Å²) in [6.45, 7) is 11.8. The van der Waals surface area contributed by atoms with Gasteiger partial charge in [0.15, 0.2) is 0 Å². The Kier molecular flexibility index (Phi) is 6.02. The number of ether oxygens (including phenoxy) is 1. The van der Waals surface area contributed by atoms with E-state index in [9.17, 15) is 0 Å². The van der Waals surface area contributed by atoms with Gasteiger partial charge in [-0.15, -0.1) is 0 Å². The second-order valence-corrected chi connectivity index (χ2v) is 5.96. The van der Waals surface area contributed by atoms with E-state index in [-0.39, 0.29) is 5.60 Å². The zero-order valence-corrected chi connectivity index (χ0v) is 13.3. The van der Waals surface area contributed by atoms with Crippen molar-refractivity contribution in [3.8, 4) is 0 Å². The maximum Gasteiger partial charge on any atom is 0.0623 e. The Bertz CT molecular complexity index is 398. The van der Waals surface area contributed by atoms with Crippen LogP contribution in [0.3, 0.4) is 0 Å². The van der Waals surface area contributed by atoms with Gasteiger partial charge in [0.25, 0.3) is 0 Å². The van der Waals surface area contributed by atoms with E-state index in [4.69, 9.17) is 4.74 Å². The van der Waals surface area contributed by atoms with Crippen molar-refractivity contribution in [1.82, 2.24) is 5.32 Å². The molecule has 0 saturated heterocycles. The molecule has 0 radical (unpaired) electrons. The van der Waals surface area contributed by atoms with Gasteiger partial charge in [0.1, 0.15) is 0 Å². The van der Waals surface area contributed by atoms with Gasteiger partial charge in [0.2, 0.25) is 0 Å². The van der Waals surface area contributed by atoms with Crippen LogP contribution < -0.4 is 5.32 Å². The van der Waals surface area contributed by atoms with E-state index >= 15 is 0 Å². The van der Waals surface area contributed by atoms with Gasteiger partial charge in [-0.2, -0.15) is 0 Å². The zero-order valence-electron chi connectivity index (χ0n) is 13.3. The first-order chi connectivity index (χ1) is 8.89. The monoisotopic (exact) mass is 263 g/mol. The molecule has 0 spiro atoms. The minimum atomic E-state index is -0.0482. The van der Waals surface area contributed by atoms with Crippen LogP contribution in [0.2, 0.25) is 0 Å². The summed E-state index contributed by atoms with van der Waals surface area (Å²) in [4.78, 5) is 0. The zero-order chi connectivity index (χ0) is 14.5. The molecule has 0 bridgehead atoms. The van der Waals surface area contributed by atoms with Crippen LogP contribution in [-0.2, 0) is 4.74 Å². The second-order valence-electron chi connectivity index (χ2n) is 5.96. The smallest absolute Gasteiger partial charge is 0.0623 e. The minimum Gasteiger partial charge on any atom is -0.379 e. The van der Waals surface area contributed by atoms with Crippen molar-refractivity contribution in [2.75, 3.05) is 13.7 Å². The first-order valence-electron chi connectivity index (χ1n) is 7.25. The van der Waals surface area contributed by atoms with Crippen molar-refractivity contribution in [1.29, 1.82) is 0 Å². The highest BCUT2D eigenvalue weighted by Gasteiger charge is 2.20. The molecule has 0 aliphatic rings. The molecule has 1 unspecified atom stereocenters. The summed E-state index contributed by atoms with van der Waals surface area (Å²) in [7, 11) is 1.79. The summed E-state index contributed by atoms with van der Waals surface area (Å²) >= 11 is 0. The fourth-order valence-corrected chi connectivity index (χ4v) is 2.21. The van der Waals surface area contributed by atoms with Gasteiger partial charge in [-0.3, -0.25) is 0 Å². The van der Waals surface area contributed by atoms with Crippen LogP contribution in [0.15, 0.2) is 18.2 Å². The van der Waals surface area contributed by atoms with Crippen LogP contribution in [-0.4, -0.2) is 19.3 Å². The molecule has 0 fully saturated rings. The number of rotatable bonds is 7. The van der Waals surface area contributed by atoms with Crippen molar-refractivity contribution >= 4 is 0 Å². The number of hydrogen-bond donors (Lipinski definition) is 1. The molecule has 19 heavy (non-hydrogen) atoms. The lowest BCUT2D eigenvalue weighted by atomic mass is 9.93. The Morgan fingerprint density at radius 1 is 1.21 bits per heavy atom. The first-order valence-corrected chi connectivity index (χ1v) is 7.25. The largest absolute Gasteiger partial charge is 0.379 e. The van der Waals surface area contributed by atoms with Crippen LogP contribution in [0.25, 0.3) is 0 Å². The summed E-state index contributed by atoms with van der Waals surface area (Å²) < 4.78 is 5.52. The van der Waals surface area contributed by atoms with E-state index in [1.807, 2.05) is 0 Å². The Hall–Kier alpha value is -0.860. The molecule has 0 aromatic heterocycles. The SMILES string of the molecule is CCNC(CCC(C)(C)OC)c1ccc(C)c(C)c1. The summed E-state index contributed by atoms with van der Waals surface area (Å²) in [5.41, 5.74) is 4.06. The van der Waals surface area contributed by atoms with Crippen LogP contribution >= 0.6 is 0 Å². The highest BCUT2D eigenvalue weighted by atomic mass is 16.5. The van der Waals surface area contributed by atoms with E-state index in [0.29, 0.717) is 6.04 Å². The van der Waals surface area contributed by atoms with Crippen molar-refractivity contribution < 1.29 is 4.74 Å². The standard InChI is InChI=1S/C17H29NO/c1-7-18-16(10-11-17(4,5)19-6)15-9-8-13(2)14(3)12-15/h8-9,12,16,18H,7,10-11H2,1-6H3. The van der Waals surface area contributed by atoms with Crippen LogP contribution in [0, 0.1) is 13.8 Å². The van der Waals surface area contributed by atoms with Gasteiger partial charge in [0, 0.05) is 13.2 Å². The number of benzene rings is 1. The van der Waals surface area contributed by atoms with E-state index in [2.05, 4.69) is 58.1 Å². The first kappa shape index (κ1) is 16.2. The summed E-state index contributed by atoms with van der Waals surface area (Å²) in [6.07, 6.45) is 2.14. The third-order valence-electron chi connectivity index (χ3n) is 3.97. The fourth-order valence-electron chi connectivity index (χ4n) is 2.21. The van der Waals surface area contributed by atoms with Gasteiger partial charge in [-0.05, 0) is 63.8 Å².